The van der Waals surface area contributed by atoms with Crippen LogP contribution in [0.3, 0.4) is 0 Å². The number of benzene rings is 3. The fourth-order valence-corrected chi connectivity index (χ4v) is 3.65. The number of ether oxygens (including phenoxy) is 3. The molecule has 0 unspecified atom stereocenters. The Bertz CT molecular complexity index is 1220. The molecule has 4 rings (SSSR count). The summed E-state index contributed by atoms with van der Waals surface area (Å²) in [6, 6.07) is 14.8. The molecule has 146 valence electrons. The molecule has 0 atom stereocenters. The normalized spacial score (nSPS) is 10.9. The van der Waals surface area contributed by atoms with Gasteiger partial charge in [0.1, 0.15) is 17.2 Å². The molecule has 0 saturated carbocycles. The molecule has 0 aliphatic carbocycles. The van der Waals surface area contributed by atoms with Crippen LogP contribution in [0.5, 0.6) is 17.2 Å². The third-order valence-corrected chi connectivity index (χ3v) is 4.96. The van der Waals surface area contributed by atoms with E-state index in [-0.39, 0.29) is 5.56 Å². The molecule has 6 heteroatoms. The van der Waals surface area contributed by atoms with Crippen LogP contribution in [-0.2, 0) is 0 Å². The van der Waals surface area contributed by atoms with Gasteiger partial charge in [-0.1, -0.05) is 30.3 Å². The lowest BCUT2D eigenvalue weighted by molar-refractivity contribution is 0.0700. The smallest absolute Gasteiger partial charge is 0.337 e. The zero-order valence-electron chi connectivity index (χ0n) is 16.2. The van der Waals surface area contributed by atoms with Crippen molar-refractivity contribution in [1.29, 1.82) is 0 Å². The van der Waals surface area contributed by atoms with Crippen molar-refractivity contribution in [1.82, 2.24) is 4.98 Å². The van der Waals surface area contributed by atoms with Crippen LogP contribution in [0.15, 0.2) is 54.7 Å². The molecule has 0 radical (unpaired) electrons. The molecule has 0 saturated heterocycles. The summed E-state index contributed by atoms with van der Waals surface area (Å²) in [5.41, 5.74) is 1.68. The third-order valence-electron chi connectivity index (χ3n) is 4.96. The van der Waals surface area contributed by atoms with Crippen LogP contribution < -0.4 is 14.2 Å². The van der Waals surface area contributed by atoms with E-state index in [9.17, 15) is 9.90 Å². The second-order valence-electron chi connectivity index (χ2n) is 6.44. The maximum absolute atomic E-state index is 12.4. The molecule has 0 aliphatic rings. The number of pyridine rings is 1. The summed E-state index contributed by atoms with van der Waals surface area (Å²) in [5.74, 6) is 0.359. The number of hydrogen-bond acceptors (Lipinski definition) is 5. The van der Waals surface area contributed by atoms with E-state index in [0.29, 0.717) is 39.3 Å². The predicted octanol–water partition coefficient (Wildman–Crippen LogP) is 4.78. The maximum atomic E-state index is 12.4. The molecule has 0 spiro atoms. The van der Waals surface area contributed by atoms with Gasteiger partial charge in [-0.25, -0.2) is 4.79 Å². The summed E-state index contributed by atoms with van der Waals surface area (Å²) in [7, 11) is 4.57. The van der Waals surface area contributed by atoms with Crippen molar-refractivity contribution in [3.63, 3.8) is 0 Å². The van der Waals surface area contributed by atoms with Crippen molar-refractivity contribution < 1.29 is 24.1 Å². The Balaban J connectivity index is 2.17. The number of nitrogens with zero attached hydrogens (tertiary/aromatic N) is 1. The number of carbonyl (C=O) groups is 1. The fraction of sp³-hybridized carbons (Fsp3) is 0.130. The lowest BCUT2D eigenvalue weighted by Crippen LogP contribution is -2.05. The van der Waals surface area contributed by atoms with Crippen molar-refractivity contribution in [2.45, 2.75) is 0 Å². The summed E-state index contributed by atoms with van der Waals surface area (Å²) in [5, 5.41) is 12.5. The van der Waals surface area contributed by atoms with Crippen molar-refractivity contribution in [3.8, 4) is 28.4 Å². The third kappa shape index (κ3) is 2.99. The zero-order chi connectivity index (χ0) is 20.5. The van der Waals surface area contributed by atoms with Crippen molar-refractivity contribution >= 4 is 27.6 Å². The van der Waals surface area contributed by atoms with Gasteiger partial charge in [0.2, 0.25) is 0 Å². The molecule has 1 heterocycles. The van der Waals surface area contributed by atoms with E-state index in [1.807, 2.05) is 36.4 Å². The maximum Gasteiger partial charge on any atom is 0.337 e. The number of rotatable bonds is 5. The summed E-state index contributed by atoms with van der Waals surface area (Å²) < 4.78 is 16.4. The van der Waals surface area contributed by atoms with Crippen LogP contribution in [0.1, 0.15) is 10.4 Å². The summed E-state index contributed by atoms with van der Waals surface area (Å²) >= 11 is 0. The molecule has 29 heavy (non-hydrogen) atoms. The van der Waals surface area contributed by atoms with E-state index in [2.05, 4.69) is 4.98 Å². The van der Waals surface area contributed by atoms with Crippen LogP contribution in [0.4, 0.5) is 0 Å². The minimum Gasteiger partial charge on any atom is -0.496 e. The van der Waals surface area contributed by atoms with Gasteiger partial charge in [0.05, 0.1) is 38.0 Å². The predicted molar refractivity (Wildman–Crippen MR) is 111 cm³/mol. The highest BCUT2D eigenvalue weighted by molar-refractivity contribution is 6.18. The Morgan fingerprint density at radius 2 is 1.62 bits per heavy atom. The van der Waals surface area contributed by atoms with E-state index in [0.717, 1.165) is 10.8 Å². The summed E-state index contributed by atoms with van der Waals surface area (Å²) in [6.45, 7) is 0. The van der Waals surface area contributed by atoms with E-state index >= 15 is 0 Å². The quantitative estimate of drug-likeness (QED) is 0.495. The molecule has 3 aromatic carbocycles. The largest absolute Gasteiger partial charge is 0.496 e. The number of aromatic nitrogens is 1. The van der Waals surface area contributed by atoms with Crippen molar-refractivity contribution in [2.24, 2.45) is 0 Å². The lowest BCUT2D eigenvalue weighted by Gasteiger charge is -2.18. The SMILES string of the molecule is COc1cc(OC)c(-c2cnc3ccc4ccccc4c3c2C(=O)O)c(OC)c1. The van der Waals surface area contributed by atoms with E-state index in [1.54, 1.807) is 25.4 Å². The van der Waals surface area contributed by atoms with Gasteiger partial charge in [0.25, 0.3) is 0 Å². The van der Waals surface area contributed by atoms with Crippen LogP contribution in [0.2, 0.25) is 0 Å². The Morgan fingerprint density at radius 3 is 2.24 bits per heavy atom. The fourth-order valence-electron chi connectivity index (χ4n) is 3.65. The van der Waals surface area contributed by atoms with Gasteiger partial charge in [-0.2, -0.15) is 0 Å². The van der Waals surface area contributed by atoms with Gasteiger partial charge in [0, 0.05) is 29.3 Å². The van der Waals surface area contributed by atoms with Gasteiger partial charge in [-0.05, 0) is 16.8 Å². The van der Waals surface area contributed by atoms with Crippen molar-refractivity contribution in [2.75, 3.05) is 21.3 Å². The standard InChI is InChI=1S/C23H19NO5/c1-27-14-10-18(28-2)21(19(11-14)29-3)16-12-24-17-9-8-13-6-4-5-7-15(13)20(17)22(16)23(25)26/h4-12H,1-3H3,(H,25,26). The number of fused-ring (bicyclic) bond motifs is 3. The molecule has 0 aliphatic heterocycles. The molecule has 1 aromatic heterocycles. The second-order valence-corrected chi connectivity index (χ2v) is 6.44. The summed E-state index contributed by atoms with van der Waals surface area (Å²) in [6.07, 6.45) is 1.55. The van der Waals surface area contributed by atoms with Gasteiger partial charge >= 0.3 is 5.97 Å². The lowest BCUT2D eigenvalue weighted by atomic mass is 9.93. The Labute approximate surface area is 167 Å². The first-order valence-electron chi connectivity index (χ1n) is 8.93. The van der Waals surface area contributed by atoms with Gasteiger partial charge in [0.15, 0.2) is 0 Å². The van der Waals surface area contributed by atoms with Gasteiger partial charge < -0.3 is 19.3 Å². The van der Waals surface area contributed by atoms with E-state index < -0.39 is 5.97 Å². The first kappa shape index (κ1) is 18.6. The average Bonchev–Trinajstić information content (AvgIpc) is 2.76. The number of methoxy groups -OCH3 is 3. The highest BCUT2D eigenvalue weighted by Crippen LogP contribution is 2.44. The topological polar surface area (TPSA) is 77.9 Å². The van der Waals surface area contributed by atoms with E-state index in [4.69, 9.17) is 14.2 Å². The minimum absolute atomic E-state index is 0.147. The first-order chi connectivity index (χ1) is 14.1. The Kier molecular flexibility index (Phi) is 4.68. The summed E-state index contributed by atoms with van der Waals surface area (Å²) in [4.78, 5) is 17.0. The molecular weight excluding hydrogens is 370 g/mol. The second kappa shape index (κ2) is 7.31. The Morgan fingerprint density at radius 1 is 0.931 bits per heavy atom. The highest BCUT2D eigenvalue weighted by atomic mass is 16.5. The minimum atomic E-state index is -1.05. The monoisotopic (exact) mass is 389 g/mol. The van der Waals surface area contributed by atoms with Crippen LogP contribution in [0.25, 0.3) is 32.8 Å². The van der Waals surface area contributed by atoms with Crippen LogP contribution in [-0.4, -0.2) is 37.4 Å². The Hall–Kier alpha value is -3.80. The molecular formula is C23H19NO5. The first-order valence-corrected chi connectivity index (χ1v) is 8.93. The number of carboxylic acids is 1. The van der Waals surface area contributed by atoms with Gasteiger partial charge in [-0.15, -0.1) is 0 Å². The molecule has 6 nitrogen and oxygen atoms in total. The molecule has 1 N–H and O–H groups in total. The van der Waals surface area contributed by atoms with Crippen LogP contribution >= 0.6 is 0 Å². The molecule has 4 aromatic rings. The molecule has 0 bridgehead atoms. The van der Waals surface area contributed by atoms with Crippen molar-refractivity contribution in [3.05, 3.63) is 60.3 Å². The molecule has 0 fully saturated rings. The average molecular weight is 389 g/mol. The van der Waals surface area contributed by atoms with Crippen LogP contribution in [0, 0.1) is 0 Å². The number of carboxylic acid groups (broad SMARTS) is 1. The zero-order valence-corrected chi connectivity index (χ0v) is 16.2. The van der Waals surface area contributed by atoms with E-state index in [1.165, 1.54) is 14.2 Å². The highest BCUT2D eigenvalue weighted by Gasteiger charge is 2.24. The van der Waals surface area contributed by atoms with Gasteiger partial charge in [-0.3, -0.25) is 4.98 Å². The number of aromatic carboxylic acids is 1. The molecule has 0 amide bonds. The number of hydrogen-bond donors (Lipinski definition) is 1.